The molecule has 264 valence electrons. The van der Waals surface area contributed by atoms with E-state index in [1.54, 1.807) is 0 Å². The van der Waals surface area contributed by atoms with Crippen LogP contribution in [-0.2, 0) is 0 Å². The quantitative estimate of drug-likeness (QED) is 0.166. The van der Waals surface area contributed by atoms with Crippen LogP contribution < -0.4 is 0 Å². The second-order valence-electron chi connectivity index (χ2n) is 15.2. The standard InChI is InChI=1S/C54H32N2O/c1-2-14-38-36(12-1)37-13-3-4-15-39(37)46-32-35(26-28-40(38)46)55-48-20-8-5-16-41(48)43-27-24-34(31-52(43)55)33-25-29-50-47(30-33)42-17-6-9-21-49(42)56(50)51-22-11-19-45-44-18-7-10-23-53(44)57-54(45)51/h1-32H. The molecular formula is C54H32N2O. The highest BCUT2D eigenvalue weighted by Crippen LogP contribution is 2.42. The van der Waals surface area contributed by atoms with Gasteiger partial charge in [-0.15, -0.1) is 0 Å². The Labute approximate surface area is 326 Å². The molecular weight excluding hydrogens is 693 g/mol. The van der Waals surface area contributed by atoms with Crippen LogP contribution in [0.2, 0.25) is 0 Å². The predicted molar refractivity (Wildman–Crippen MR) is 240 cm³/mol. The first-order chi connectivity index (χ1) is 28.3. The van der Waals surface area contributed by atoms with Crippen molar-refractivity contribution < 1.29 is 4.42 Å². The van der Waals surface area contributed by atoms with Gasteiger partial charge >= 0.3 is 0 Å². The van der Waals surface area contributed by atoms with E-state index in [1.807, 2.05) is 6.07 Å². The third-order valence-corrected chi connectivity index (χ3v) is 12.3. The van der Waals surface area contributed by atoms with Gasteiger partial charge < -0.3 is 13.6 Å². The molecule has 0 N–H and O–H groups in total. The average molecular weight is 725 g/mol. The number of hydrogen-bond donors (Lipinski definition) is 0. The molecule has 0 saturated carbocycles. The van der Waals surface area contributed by atoms with Gasteiger partial charge in [0.25, 0.3) is 0 Å². The largest absolute Gasteiger partial charge is 0.454 e. The maximum atomic E-state index is 6.55. The Kier molecular flexibility index (Phi) is 6.16. The maximum absolute atomic E-state index is 6.55. The highest BCUT2D eigenvalue weighted by molar-refractivity contribution is 6.26. The summed E-state index contributed by atoms with van der Waals surface area (Å²) in [5.74, 6) is 0. The maximum Gasteiger partial charge on any atom is 0.159 e. The SMILES string of the molecule is c1ccc2c(c1)oc1c(-n3c4ccccc4c4cc(-c5ccc6c7ccccc7n(-c7ccc8c9ccccc9c9ccccc9c8c7)c6c5)ccc43)cccc12. The van der Waals surface area contributed by atoms with Crippen LogP contribution in [0.25, 0.3) is 120 Å². The fourth-order valence-corrected chi connectivity index (χ4v) is 9.78. The minimum absolute atomic E-state index is 0.901. The molecule has 0 fully saturated rings. The molecule has 0 unspecified atom stereocenters. The lowest BCUT2D eigenvalue weighted by molar-refractivity contribution is 0.666. The second-order valence-corrected chi connectivity index (χ2v) is 15.2. The van der Waals surface area contributed by atoms with E-state index in [0.29, 0.717) is 0 Å². The summed E-state index contributed by atoms with van der Waals surface area (Å²) in [4.78, 5) is 0. The number of hydrogen-bond acceptors (Lipinski definition) is 1. The molecule has 3 aromatic heterocycles. The molecule has 13 rings (SSSR count). The summed E-state index contributed by atoms with van der Waals surface area (Å²) in [6, 6.07) is 70.8. The average Bonchev–Trinajstić information content (AvgIpc) is 3.94. The topological polar surface area (TPSA) is 23.0 Å². The van der Waals surface area contributed by atoms with E-state index in [-0.39, 0.29) is 0 Å². The zero-order valence-corrected chi connectivity index (χ0v) is 30.8. The minimum Gasteiger partial charge on any atom is -0.454 e. The third-order valence-electron chi connectivity index (χ3n) is 12.3. The molecule has 0 radical (unpaired) electrons. The van der Waals surface area contributed by atoms with E-state index in [2.05, 4.69) is 197 Å². The van der Waals surface area contributed by atoms with Crippen molar-refractivity contribution in [3.63, 3.8) is 0 Å². The summed E-state index contributed by atoms with van der Waals surface area (Å²) in [6.07, 6.45) is 0. The Morgan fingerprint density at radius 3 is 1.54 bits per heavy atom. The molecule has 57 heavy (non-hydrogen) atoms. The van der Waals surface area contributed by atoms with E-state index in [9.17, 15) is 0 Å². The van der Waals surface area contributed by atoms with Crippen molar-refractivity contribution in [2.45, 2.75) is 0 Å². The Morgan fingerprint density at radius 1 is 0.281 bits per heavy atom. The highest BCUT2D eigenvalue weighted by atomic mass is 16.3. The molecule has 0 bridgehead atoms. The molecule has 0 spiro atoms. The number of rotatable bonds is 3. The number of fused-ring (bicyclic) bond motifs is 15. The van der Waals surface area contributed by atoms with E-state index in [4.69, 9.17) is 4.42 Å². The molecule has 3 nitrogen and oxygen atoms in total. The van der Waals surface area contributed by atoms with Gasteiger partial charge in [-0.05, 0) is 98.0 Å². The Bertz CT molecular complexity index is 3780. The number of aromatic nitrogens is 2. The summed E-state index contributed by atoms with van der Waals surface area (Å²) in [5, 5.41) is 14.9. The number of furan rings is 1. The van der Waals surface area contributed by atoms with Crippen molar-refractivity contribution in [2.24, 2.45) is 0 Å². The van der Waals surface area contributed by atoms with E-state index < -0.39 is 0 Å². The van der Waals surface area contributed by atoms with Gasteiger partial charge in [0.1, 0.15) is 5.58 Å². The van der Waals surface area contributed by atoms with Gasteiger partial charge in [0, 0.05) is 38.0 Å². The summed E-state index contributed by atoms with van der Waals surface area (Å²) >= 11 is 0. The molecule has 0 aliphatic heterocycles. The number of nitrogens with zero attached hydrogens (tertiary/aromatic N) is 2. The molecule has 3 heterocycles. The molecule has 0 aliphatic rings. The van der Waals surface area contributed by atoms with Gasteiger partial charge in [-0.1, -0.05) is 140 Å². The number of benzene rings is 10. The van der Waals surface area contributed by atoms with Gasteiger partial charge in [0.15, 0.2) is 5.58 Å². The molecule has 10 aromatic carbocycles. The Hall–Kier alpha value is -7.62. The zero-order valence-electron chi connectivity index (χ0n) is 30.8. The van der Waals surface area contributed by atoms with Crippen LogP contribution in [0.4, 0.5) is 0 Å². The van der Waals surface area contributed by atoms with Crippen molar-refractivity contribution >= 4 is 97.9 Å². The fourth-order valence-electron chi connectivity index (χ4n) is 9.78. The first-order valence-electron chi connectivity index (χ1n) is 19.6. The summed E-state index contributed by atoms with van der Waals surface area (Å²) in [7, 11) is 0. The molecule has 0 amide bonds. The van der Waals surface area contributed by atoms with E-state index in [1.165, 1.54) is 76.0 Å². The van der Waals surface area contributed by atoms with Crippen LogP contribution >= 0.6 is 0 Å². The highest BCUT2D eigenvalue weighted by Gasteiger charge is 2.19. The van der Waals surface area contributed by atoms with Crippen molar-refractivity contribution in [3.05, 3.63) is 194 Å². The van der Waals surface area contributed by atoms with E-state index in [0.717, 1.165) is 44.3 Å². The third kappa shape index (κ3) is 4.26. The van der Waals surface area contributed by atoms with Crippen molar-refractivity contribution in [1.82, 2.24) is 9.13 Å². The van der Waals surface area contributed by atoms with Crippen LogP contribution in [0.3, 0.4) is 0 Å². The molecule has 0 saturated heterocycles. The van der Waals surface area contributed by atoms with Crippen LogP contribution in [0.15, 0.2) is 199 Å². The van der Waals surface area contributed by atoms with Crippen LogP contribution in [-0.4, -0.2) is 9.13 Å². The molecule has 13 aromatic rings. The van der Waals surface area contributed by atoms with Gasteiger partial charge in [-0.2, -0.15) is 0 Å². The molecule has 3 heteroatoms. The van der Waals surface area contributed by atoms with Gasteiger partial charge in [-0.3, -0.25) is 0 Å². The second kappa shape index (κ2) is 11.5. The van der Waals surface area contributed by atoms with Crippen LogP contribution in [0.1, 0.15) is 0 Å². The van der Waals surface area contributed by atoms with Gasteiger partial charge in [0.05, 0.1) is 27.8 Å². The monoisotopic (exact) mass is 724 g/mol. The predicted octanol–water partition coefficient (Wildman–Crippen LogP) is 14.9. The first kappa shape index (κ1) is 30.7. The zero-order chi connectivity index (χ0) is 37.2. The van der Waals surface area contributed by atoms with Gasteiger partial charge in [-0.25, -0.2) is 0 Å². The van der Waals surface area contributed by atoms with Crippen molar-refractivity contribution in [2.75, 3.05) is 0 Å². The van der Waals surface area contributed by atoms with E-state index >= 15 is 0 Å². The van der Waals surface area contributed by atoms with Crippen LogP contribution in [0, 0.1) is 0 Å². The molecule has 0 atom stereocenters. The fraction of sp³-hybridized carbons (Fsp3) is 0. The molecule has 0 aliphatic carbocycles. The summed E-state index contributed by atoms with van der Waals surface area (Å²) < 4.78 is 11.4. The van der Waals surface area contributed by atoms with Crippen molar-refractivity contribution in [1.29, 1.82) is 0 Å². The summed E-state index contributed by atoms with van der Waals surface area (Å²) in [6.45, 7) is 0. The first-order valence-corrected chi connectivity index (χ1v) is 19.6. The van der Waals surface area contributed by atoms with Gasteiger partial charge in [0.2, 0.25) is 0 Å². The lowest BCUT2D eigenvalue weighted by Crippen LogP contribution is -1.95. The van der Waals surface area contributed by atoms with Crippen LogP contribution in [0.5, 0.6) is 0 Å². The lowest BCUT2D eigenvalue weighted by Gasteiger charge is -2.14. The summed E-state index contributed by atoms with van der Waals surface area (Å²) in [5.41, 5.74) is 11.1. The smallest absolute Gasteiger partial charge is 0.159 e. The normalized spacial score (nSPS) is 12.2. The lowest BCUT2D eigenvalue weighted by atomic mass is 9.94. The Morgan fingerprint density at radius 2 is 0.789 bits per heavy atom. The minimum atomic E-state index is 0.901. The van der Waals surface area contributed by atoms with Crippen molar-refractivity contribution in [3.8, 4) is 22.5 Å². The Balaban J connectivity index is 1.03. The number of para-hydroxylation sites is 4.